The van der Waals surface area contributed by atoms with Gasteiger partial charge >= 0.3 is 5.97 Å². The summed E-state index contributed by atoms with van der Waals surface area (Å²) in [6, 6.07) is 4.98. The molecule has 0 saturated heterocycles. The number of carbonyl (C=O) groups is 1. The Morgan fingerprint density at radius 2 is 2.19 bits per heavy atom. The van der Waals surface area contributed by atoms with E-state index >= 15 is 0 Å². The molecule has 84 valence electrons. The van der Waals surface area contributed by atoms with Crippen LogP contribution in [-0.2, 0) is 4.74 Å². The highest BCUT2D eigenvalue weighted by molar-refractivity contribution is 7.80. The Morgan fingerprint density at radius 1 is 1.44 bits per heavy atom. The predicted octanol–water partition coefficient (Wildman–Crippen LogP) is 1.76. The summed E-state index contributed by atoms with van der Waals surface area (Å²) >= 11 is 3.99. The highest BCUT2D eigenvalue weighted by atomic mass is 32.1. The minimum atomic E-state index is -0.396. The molecule has 1 rings (SSSR count). The van der Waals surface area contributed by atoms with Gasteiger partial charge in [0.05, 0.1) is 31.1 Å². The van der Waals surface area contributed by atoms with Crippen LogP contribution in [0.25, 0.3) is 0 Å². The molecular weight excluding hydrogens is 224 g/mol. The van der Waals surface area contributed by atoms with Gasteiger partial charge in [0.2, 0.25) is 0 Å². The molecule has 0 aliphatic carbocycles. The van der Waals surface area contributed by atoms with E-state index in [-0.39, 0.29) is 0 Å². The molecule has 0 amide bonds. The van der Waals surface area contributed by atoms with Gasteiger partial charge in [0.15, 0.2) is 0 Å². The number of methoxy groups -OCH3 is 2. The fourth-order valence-electron chi connectivity index (χ4n) is 1.17. The monoisotopic (exact) mass is 236 g/mol. The van der Waals surface area contributed by atoms with E-state index in [1.165, 1.54) is 14.2 Å². The topological polar surface area (TPSA) is 35.5 Å². The minimum absolute atomic E-state index is 0.396. The van der Waals surface area contributed by atoms with Gasteiger partial charge in [-0.2, -0.15) is 12.6 Å². The van der Waals surface area contributed by atoms with Crippen LogP contribution in [-0.4, -0.2) is 25.9 Å². The Balaban J connectivity index is 3.11. The fourth-order valence-corrected chi connectivity index (χ4v) is 1.25. The molecule has 0 atom stereocenters. The molecule has 0 bridgehead atoms. The van der Waals surface area contributed by atoms with Crippen molar-refractivity contribution in [1.29, 1.82) is 0 Å². The molecule has 0 spiro atoms. The Morgan fingerprint density at radius 3 is 2.75 bits per heavy atom. The normalized spacial score (nSPS) is 8.94. The lowest BCUT2D eigenvalue weighted by atomic mass is 10.1. The van der Waals surface area contributed by atoms with Gasteiger partial charge in [-0.3, -0.25) is 0 Å². The largest absolute Gasteiger partial charge is 0.495 e. The Kier molecular flexibility index (Phi) is 4.74. The molecule has 0 aromatic heterocycles. The van der Waals surface area contributed by atoms with Crippen molar-refractivity contribution < 1.29 is 14.3 Å². The maximum Gasteiger partial charge on any atom is 0.337 e. The lowest BCUT2D eigenvalue weighted by Crippen LogP contribution is -2.02. The van der Waals surface area contributed by atoms with Gasteiger partial charge in [-0.1, -0.05) is 11.8 Å². The van der Waals surface area contributed by atoms with E-state index in [4.69, 9.17) is 4.74 Å². The molecular formula is C12H12O3S. The number of ether oxygens (including phenoxy) is 2. The third-order valence-electron chi connectivity index (χ3n) is 1.92. The first-order valence-corrected chi connectivity index (χ1v) is 5.22. The van der Waals surface area contributed by atoms with Gasteiger partial charge in [0, 0.05) is 0 Å². The predicted molar refractivity (Wildman–Crippen MR) is 65.1 cm³/mol. The lowest BCUT2D eigenvalue weighted by molar-refractivity contribution is 0.0600. The van der Waals surface area contributed by atoms with Crippen LogP contribution in [0.3, 0.4) is 0 Å². The maximum absolute atomic E-state index is 11.3. The van der Waals surface area contributed by atoms with Crippen LogP contribution in [0, 0.1) is 11.8 Å². The average molecular weight is 236 g/mol. The van der Waals surface area contributed by atoms with Crippen LogP contribution < -0.4 is 4.74 Å². The summed E-state index contributed by atoms with van der Waals surface area (Å²) in [7, 11) is 2.87. The number of thiol groups is 1. The number of carbonyl (C=O) groups excluding carboxylic acids is 1. The van der Waals surface area contributed by atoms with Crippen molar-refractivity contribution in [3.8, 4) is 17.6 Å². The van der Waals surface area contributed by atoms with E-state index in [1.54, 1.807) is 18.2 Å². The summed E-state index contributed by atoms with van der Waals surface area (Å²) in [6.45, 7) is 0. The molecule has 1 aromatic rings. The second kappa shape index (κ2) is 6.09. The third kappa shape index (κ3) is 2.94. The first-order chi connectivity index (χ1) is 7.72. The summed E-state index contributed by atoms with van der Waals surface area (Å²) in [6.07, 6.45) is 0. The molecule has 0 heterocycles. The number of hydrogen-bond donors (Lipinski definition) is 1. The second-order valence-corrected chi connectivity index (χ2v) is 3.18. The van der Waals surface area contributed by atoms with E-state index in [0.717, 1.165) is 5.56 Å². The standard InChI is InChI=1S/C12H12O3S/c1-14-11-8-10(12(13)15-2)6-5-9(11)4-3-7-16/h5-6,8,16H,7H2,1-2H3. The fraction of sp³-hybridized carbons (Fsp3) is 0.250. The van der Waals surface area contributed by atoms with Gasteiger partial charge in [0.25, 0.3) is 0 Å². The Hall–Kier alpha value is -1.60. The highest BCUT2D eigenvalue weighted by Gasteiger charge is 2.08. The van der Waals surface area contributed by atoms with Gasteiger partial charge in [-0.15, -0.1) is 0 Å². The van der Waals surface area contributed by atoms with Gasteiger partial charge in [-0.25, -0.2) is 4.79 Å². The summed E-state index contributed by atoms with van der Waals surface area (Å²) in [5.41, 5.74) is 1.17. The van der Waals surface area contributed by atoms with Crippen molar-refractivity contribution in [2.45, 2.75) is 0 Å². The Bertz CT molecular complexity index is 443. The highest BCUT2D eigenvalue weighted by Crippen LogP contribution is 2.19. The molecule has 4 heteroatoms. The van der Waals surface area contributed by atoms with Gasteiger partial charge in [0.1, 0.15) is 5.75 Å². The number of esters is 1. The van der Waals surface area contributed by atoms with E-state index < -0.39 is 5.97 Å². The zero-order valence-electron chi connectivity index (χ0n) is 9.11. The summed E-state index contributed by atoms with van der Waals surface area (Å²) < 4.78 is 9.76. The van der Waals surface area contributed by atoms with Crippen molar-refractivity contribution in [3.05, 3.63) is 29.3 Å². The van der Waals surface area contributed by atoms with Gasteiger partial charge in [-0.05, 0) is 18.2 Å². The van der Waals surface area contributed by atoms with Crippen molar-refractivity contribution in [2.75, 3.05) is 20.0 Å². The van der Waals surface area contributed by atoms with Crippen LogP contribution in [0.4, 0.5) is 0 Å². The zero-order chi connectivity index (χ0) is 12.0. The van der Waals surface area contributed by atoms with Crippen LogP contribution in [0.15, 0.2) is 18.2 Å². The second-order valence-electron chi connectivity index (χ2n) is 2.87. The minimum Gasteiger partial charge on any atom is -0.495 e. The van der Waals surface area contributed by atoms with Crippen LogP contribution >= 0.6 is 12.6 Å². The first-order valence-electron chi connectivity index (χ1n) is 4.59. The van der Waals surface area contributed by atoms with Crippen molar-refractivity contribution >= 4 is 18.6 Å². The molecule has 3 nitrogen and oxygen atoms in total. The molecule has 0 aliphatic rings. The molecule has 16 heavy (non-hydrogen) atoms. The quantitative estimate of drug-likeness (QED) is 0.483. The van der Waals surface area contributed by atoms with Crippen molar-refractivity contribution in [2.24, 2.45) is 0 Å². The summed E-state index contributed by atoms with van der Waals surface area (Å²) in [5.74, 6) is 6.35. The van der Waals surface area contributed by atoms with Crippen LogP contribution in [0.1, 0.15) is 15.9 Å². The molecule has 1 aromatic carbocycles. The van der Waals surface area contributed by atoms with Crippen LogP contribution in [0.2, 0.25) is 0 Å². The smallest absolute Gasteiger partial charge is 0.337 e. The van der Waals surface area contributed by atoms with E-state index in [9.17, 15) is 4.79 Å². The molecule has 0 fully saturated rings. The van der Waals surface area contributed by atoms with Gasteiger partial charge < -0.3 is 9.47 Å². The third-order valence-corrected chi connectivity index (χ3v) is 2.08. The molecule has 0 N–H and O–H groups in total. The zero-order valence-corrected chi connectivity index (χ0v) is 10.0. The lowest BCUT2D eigenvalue weighted by Gasteiger charge is -2.05. The molecule has 0 unspecified atom stereocenters. The Labute approximate surface area is 100 Å². The van der Waals surface area contributed by atoms with Crippen molar-refractivity contribution in [1.82, 2.24) is 0 Å². The number of hydrogen-bond acceptors (Lipinski definition) is 4. The average Bonchev–Trinajstić information content (AvgIpc) is 2.35. The number of rotatable bonds is 2. The van der Waals surface area contributed by atoms with Crippen LogP contribution in [0.5, 0.6) is 5.75 Å². The summed E-state index contributed by atoms with van der Waals surface area (Å²) in [4.78, 5) is 11.3. The van der Waals surface area contributed by atoms with E-state index in [2.05, 4.69) is 29.2 Å². The number of benzene rings is 1. The van der Waals surface area contributed by atoms with E-state index in [0.29, 0.717) is 17.1 Å². The van der Waals surface area contributed by atoms with Crippen molar-refractivity contribution in [3.63, 3.8) is 0 Å². The summed E-state index contributed by atoms with van der Waals surface area (Å²) in [5, 5.41) is 0. The molecule has 0 radical (unpaired) electrons. The molecule has 0 saturated carbocycles. The maximum atomic E-state index is 11.3. The van der Waals surface area contributed by atoms with E-state index in [1.807, 2.05) is 0 Å². The first kappa shape index (κ1) is 12.5. The molecule has 0 aliphatic heterocycles. The SMILES string of the molecule is COC(=O)c1ccc(C#CCS)c(OC)c1.